The average molecular weight is 262 g/mol. The van der Waals surface area contributed by atoms with Gasteiger partial charge in [-0.3, -0.25) is 4.79 Å². The van der Waals surface area contributed by atoms with E-state index in [2.05, 4.69) is 0 Å². The topological polar surface area (TPSA) is 46.3 Å². The van der Waals surface area contributed by atoms with Crippen LogP contribution in [-0.2, 0) is 4.79 Å². The van der Waals surface area contributed by atoms with Crippen molar-refractivity contribution in [3.8, 4) is 0 Å². The molecule has 4 heteroatoms. The van der Waals surface area contributed by atoms with E-state index in [1.165, 1.54) is 12.1 Å². The standard InChI is InChI=1S/C15H19FN2O/c1-11(13-6-2-3-7-14(13)16)9-15(19)18-8-4-5-12(17)10-18/h2-3,6-7,9,12H,4-5,8,10,17H2,1H3/b11-9-. The summed E-state index contributed by atoms with van der Waals surface area (Å²) in [6.07, 6.45) is 3.38. The van der Waals surface area contributed by atoms with E-state index in [0.29, 0.717) is 17.7 Å². The molecule has 1 atom stereocenters. The van der Waals surface area contributed by atoms with Gasteiger partial charge < -0.3 is 10.6 Å². The molecule has 3 nitrogen and oxygen atoms in total. The van der Waals surface area contributed by atoms with E-state index in [1.807, 2.05) is 0 Å². The van der Waals surface area contributed by atoms with Gasteiger partial charge in [0.1, 0.15) is 5.82 Å². The number of carbonyl (C=O) groups excluding carboxylic acids is 1. The summed E-state index contributed by atoms with van der Waals surface area (Å²) in [5, 5.41) is 0. The molecule has 1 aliphatic rings. The number of hydrogen-bond acceptors (Lipinski definition) is 2. The number of likely N-dealkylation sites (tertiary alicyclic amines) is 1. The number of nitrogens with two attached hydrogens (primary N) is 1. The third-order valence-electron chi connectivity index (χ3n) is 3.41. The summed E-state index contributed by atoms with van der Waals surface area (Å²) in [6.45, 7) is 3.06. The molecule has 0 aromatic heterocycles. The van der Waals surface area contributed by atoms with Crippen molar-refractivity contribution in [2.45, 2.75) is 25.8 Å². The molecule has 1 aliphatic heterocycles. The molecule has 1 fully saturated rings. The third kappa shape index (κ3) is 3.41. The first-order chi connectivity index (χ1) is 9.08. The minimum atomic E-state index is -0.306. The van der Waals surface area contributed by atoms with Gasteiger partial charge in [0.05, 0.1) is 0 Å². The highest BCUT2D eigenvalue weighted by atomic mass is 19.1. The van der Waals surface area contributed by atoms with Crippen LogP contribution in [0.15, 0.2) is 30.3 Å². The van der Waals surface area contributed by atoms with E-state index in [0.717, 1.165) is 19.4 Å². The van der Waals surface area contributed by atoms with Crippen LogP contribution in [0.3, 0.4) is 0 Å². The van der Waals surface area contributed by atoms with Crippen molar-refractivity contribution in [1.82, 2.24) is 4.90 Å². The number of piperidine rings is 1. The highest BCUT2D eigenvalue weighted by molar-refractivity contribution is 5.95. The molecule has 102 valence electrons. The molecule has 2 rings (SSSR count). The van der Waals surface area contributed by atoms with Gasteiger partial charge in [-0.25, -0.2) is 4.39 Å². The molecule has 0 radical (unpaired) electrons. The second-order valence-corrected chi connectivity index (χ2v) is 4.99. The molecule has 1 saturated heterocycles. The lowest BCUT2D eigenvalue weighted by molar-refractivity contribution is -0.127. The van der Waals surface area contributed by atoms with Gasteiger partial charge in [0.2, 0.25) is 5.91 Å². The van der Waals surface area contributed by atoms with Gasteiger partial charge in [-0.1, -0.05) is 18.2 Å². The van der Waals surface area contributed by atoms with E-state index in [1.54, 1.807) is 30.0 Å². The summed E-state index contributed by atoms with van der Waals surface area (Å²) >= 11 is 0. The Morgan fingerprint density at radius 2 is 2.21 bits per heavy atom. The van der Waals surface area contributed by atoms with Crippen molar-refractivity contribution >= 4 is 11.5 Å². The summed E-state index contributed by atoms with van der Waals surface area (Å²) in [4.78, 5) is 13.8. The van der Waals surface area contributed by atoms with Crippen LogP contribution in [0.4, 0.5) is 4.39 Å². The smallest absolute Gasteiger partial charge is 0.246 e. The van der Waals surface area contributed by atoms with Crippen LogP contribution in [0.2, 0.25) is 0 Å². The second-order valence-electron chi connectivity index (χ2n) is 4.99. The lowest BCUT2D eigenvalue weighted by atomic mass is 10.0. The number of amides is 1. The van der Waals surface area contributed by atoms with Crippen molar-refractivity contribution < 1.29 is 9.18 Å². The predicted molar refractivity (Wildman–Crippen MR) is 73.8 cm³/mol. The number of carbonyl (C=O) groups is 1. The maximum Gasteiger partial charge on any atom is 0.246 e. The molecule has 0 aliphatic carbocycles. The SMILES string of the molecule is C/C(=C/C(=O)N1CCCC(N)C1)c1ccccc1F. The first-order valence-electron chi connectivity index (χ1n) is 6.55. The fourth-order valence-corrected chi connectivity index (χ4v) is 2.35. The lowest BCUT2D eigenvalue weighted by Crippen LogP contribution is -2.45. The van der Waals surface area contributed by atoms with Crippen molar-refractivity contribution in [2.24, 2.45) is 5.73 Å². The Kier molecular flexibility index (Phi) is 4.32. The summed E-state index contributed by atoms with van der Waals surface area (Å²) in [7, 11) is 0. The van der Waals surface area contributed by atoms with E-state index < -0.39 is 0 Å². The average Bonchev–Trinajstić information content (AvgIpc) is 2.39. The highest BCUT2D eigenvalue weighted by Gasteiger charge is 2.20. The molecule has 1 amide bonds. The van der Waals surface area contributed by atoms with Crippen LogP contribution in [-0.4, -0.2) is 29.9 Å². The largest absolute Gasteiger partial charge is 0.338 e. The van der Waals surface area contributed by atoms with Crippen molar-refractivity contribution in [3.05, 3.63) is 41.7 Å². The molecular formula is C15H19FN2O. The third-order valence-corrected chi connectivity index (χ3v) is 3.41. The second kappa shape index (κ2) is 5.97. The van der Waals surface area contributed by atoms with Gasteiger partial charge in [-0.15, -0.1) is 0 Å². The minimum absolute atomic E-state index is 0.0554. The monoisotopic (exact) mass is 262 g/mol. The summed E-state index contributed by atoms with van der Waals surface area (Å²) < 4.78 is 13.6. The normalized spacial score (nSPS) is 20.5. The molecule has 19 heavy (non-hydrogen) atoms. The molecule has 0 saturated carbocycles. The van der Waals surface area contributed by atoms with Gasteiger partial charge in [-0.2, -0.15) is 0 Å². The van der Waals surface area contributed by atoms with Crippen LogP contribution in [0.1, 0.15) is 25.3 Å². The number of benzene rings is 1. The maximum absolute atomic E-state index is 13.6. The van der Waals surface area contributed by atoms with Crippen molar-refractivity contribution in [2.75, 3.05) is 13.1 Å². The minimum Gasteiger partial charge on any atom is -0.338 e. The van der Waals surface area contributed by atoms with Gasteiger partial charge in [0.15, 0.2) is 0 Å². The van der Waals surface area contributed by atoms with Crippen molar-refractivity contribution in [3.63, 3.8) is 0 Å². The zero-order chi connectivity index (χ0) is 13.8. The van der Waals surface area contributed by atoms with Crippen LogP contribution in [0.5, 0.6) is 0 Å². The Morgan fingerprint density at radius 1 is 1.47 bits per heavy atom. The zero-order valence-electron chi connectivity index (χ0n) is 11.1. The highest BCUT2D eigenvalue weighted by Crippen LogP contribution is 2.18. The molecule has 1 aromatic carbocycles. The molecule has 1 heterocycles. The number of nitrogens with zero attached hydrogens (tertiary/aromatic N) is 1. The Morgan fingerprint density at radius 3 is 2.89 bits per heavy atom. The molecule has 0 spiro atoms. The van der Waals surface area contributed by atoms with E-state index in [-0.39, 0.29) is 17.8 Å². The fraction of sp³-hybridized carbons (Fsp3) is 0.400. The Bertz CT molecular complexity index is 499. The predicted octanol–water partition coefficient (Wildman–Crippen LogP) is 2.18. The van der Waals surface area contributed by atoms with Gasteiger partial charge in [-0.05, 0) is 31.4 Å². The van der Waals surface area contributed by atoms with Crippen LogP contribution < -0.4 is 5.73 Å². The Balaban J connectivity index is 2.12. The number of halogens is 1. The summed E-state index contributed by atoms with van der Waals surface area (Å²) in [5.74, 6) is -0.393. The van der Waals surface area contributed by atoms with E-state index in [9.17, 15) is 9.18 Å². The first kappa shape index (κ1) is 13.7. The van der Waals surface area contributed by atoms with Gasteiger partial charge in [0.25, 0.3) is 0 Å². The van der Waals surface area contributed by atoms with Crippen LogP contribution >= 0.6 is 0 Å². The fourth-order valence-electron chi connectivity index (χ4n) is 2.35. The molecule has 0 bridgehead atoms. The van der Waals surface area contributed by atoms with Gasteiger partial charge in [0, 0.05) is 30.8 Å². The van der Waals surface area contributed by atoms with Crippen molar-refractivity contribution in [1.29, 1.82) is 0 Å². The summed E-state index contributed by atoms with van der Waals surface area (Å²) in [5.41, 5.74) is 6.96. The molecule has 1 aromatic rings. The summed E-state index contributed by atoms with van der Waals surface area (Å²) in [6, 6.07) is 6.53. The Hall–Kier alpha value is -1.68. The number of rotatable bonds is 2. The lowest BCUT2D eigenvalue weighted by Gasteiger charge is -2.30. The Labute approximate surface area is 112 Å². The van der Waals surface area contributed by atoms with Crippen LogP contribution in [0, 0.1) is 5.82 Å². The zero-order valence-corrected chi connectivity index (χ0v) is 11.1. The quantitative estimate of drug-likeness (QED) is 0.830. The van der Waals surface area contributed by atoms with E-state index >= 15 is 0 Å². The maximum atomic E-state index is 13.6. The first-order valence-corrected chi connectivity index (χ1v) is 6.55. The van der Waals surface area contributed by atoms with Gasteiger partial charge >= 0.3 is 0 Å². The van der Waals surface area contributed by atoms with Crippen LogP contribution in [0.25, 0.3) is 5.57 Å². The molecular weight excluding hydrogens is 243 g/mol. The molecule has 1 unspecified atom stereocenters. The number of hydrogen-bond donors (Lipinski definition) is 1. The van der Waals surface area contributed by atoms with E-state index in [4.69, 9.17) is 5.73 Å². The number of allylic oxidation sites excluding steroid dienone is 1. The molecule has 2 N–H and O–H groups in total.